The molecule has 92 valence electrons. The smallest absolute Gasteiger partial charge is 0.170 e. The van der Waals surface area contributed by atoms with Crippen molar-refractivity contribution in [3.8, 4) is 11.8 Å². The third-order valence-corrected chi connectivity index (χ3v) is 2.71. The van der Waals surface area contributed by atoms with Gasteiger partial charge in [-0.2, -0.15) is 10.4 Å². The third kappa shape index (κ3) is 2.25. The second-order valence-corrected chi connectivity index (χ2v) is 3.97. The Kier molecular flexibility index (Phi) is 3.42. The number of benzene rings is 1. The quantitative estimate of drug-likeness (QED) is 0.791. The molecule has 0 aliphatic rings. The predicted molar refractivity (Wildman–Crippen MR) is 64.9 cm³/mol. The third-order valence-electron chi connectivity index (χ3n) is 2.71. The van der Waals surface area contributed by atoms with E-state index in [-0.39, 0.29) is 0 Å². The van der Waals surface area contributed by atoms with Crippen molar-refractivity contribution in [3.05, 3.63) is 47.8 Å². The zero-order valence-corrected chi connectivity index (χ0v) is 9.85. The fourth-order valence-electron chi connectivity index (χ4n) is 1.72. The molecular weight excluding hydrogens is 230 g/mol. The van der Waals surface area contributed by atoms with Gasteiger partial charge in [0, 0.05) is 11.8 Å². The number of aromatic nitrogens is 2. The molecule has 5 nitrogen and oxygen atoms in total. The van der Waals surface area contributed by atoms with Crippen molar-refractivity contribution < 1.29 is 10.2 Å². The van der Waals surface area contributed by atoms with Crippen LogP contribution in [0.5, 0.6) is 0 Å². The van der Waals surface area contributed by atoms with E-state index in [0.717, 1.165) is 5.69 Å². The fourth-order valence-corrected chi connectivity index (χ4v) is 1.72. The van der Waals surface area contributed by atoms with Crippen molar-refractivity contribution in [2.24, 2.45) is 0 Å². The van der Waals surface area contributed by atoms with Gasteiger partial charge in [0.15, 0.2) is 6.10 Å². The highest BCUT2D eigenvalue weighted by atomic mass is 16.3. The van der Waals surface area contributed by atoms with Crippen LogP contribution in [0, 0.1) is 18.3 Å². The first kappa shape index (κ1) is 12.3. The highest BCUT2D eigenvalue weighted by Gasteiger charge is 2.22. The molecule has 0 aliphatic heterocycles. The fraction of sp³-hybridized carbons (Fsp3) is 0.231. The maximum Gasteiger partial charge on any atom is 0.170 e. The summed E-state index contributed by atoms with van der Waals surface area (Å²) in [7, 11) is 0. The summed E-state index contributed by atoms with van der Waals surface area (Å²) in [5, 5.41) is 32.0. The molecule has 18 heavy (non-hydrogen) atoms. The molecule has 0 saturated heterocycles. The lowest BCUT2D eigenvalue weighted by atomic mass is 10.1. The molecule has 2 atom stereocenters. The Hall–Kier alpha value is -2.16. The number of rotatable bonds is 3. The van der Waals surface area contributed by atoms with Crippen molar-refractivity contribution in [1.29, 1.82) is 5.26 Å². The standard InChI is InChI=1S/C13H13N3O2/c1-9-11(13(18)12(17)7-14)8-16(15-9)10-5-3-2-4-6-10/h2-6,8,12-13,17-18H,1H3. The van der Waals surface area contributed by atoms with E-state index in [9.17, 15) is 10.2 Å². The van der Waals surface area contributed by atoms with Crippen LogP contribution in [0.15, 0.2) is 36.5 Å². The van der Waals surface area contributed by atoms with Crippen LogP contribution in [-0.2, 0) is 0 Å². The van der Waals surface area contributed by atoms with E-state index in [2.05, 4.69) is 5.10 Å². The molecule has 1 aromatic carbocycles. The van der Waals surface area contributed by atoms with E-state index in [1.54, 1.807) is 23.9 Å². The number of hydrogen-bond acceptors (Lipinski definition) is 4. The summed E-state index contributed by atoms with van der Waals surface area (Å²) >= 11 is 0. The van der Waals surface area contributed by atoms with Crippen LogP contribution in [0.4, 0.5) is 0 Å². The van der Waals surface area contributed by atoms with Crippen LogP contribution in [-0.4, -0.2) is 26.1 Å². The zero-order valence-electron chi connectivity index (χ0n) is 9.85. The molecule has 0 fully saturated rings. The molecule has 0 saturated carbocycles. The molecule has 0 aliphatic carbocycles. The number of aliphatic hydroxyl groups is 2. The van der Waals surface area contributed by atoms with E-state index < -0.39 is 12.2 Å². The molecule has 0 radical (unpaired) electrons. The lowest BCUT2D eigenvalue weighted by molar-refractivity contribution is 0.0523. The van der Waals surface area contributed by atoms with E-state index in [1.165, 1.54) is 0 Å². The van der Waals surface area contributed by atoms with Gasteiger partial charge in [0.1, 0.15) is 6.10 Å². The van der Waals surface area contributed by atoms with Crippen LogP contribution in [0.3, 0.4) is 0 Å². The van der Waals surface area contributed by atoms with Crippen LogP contribution >= 0.6 is 0 Å². The molecule has 0 spiro atoms. The topological polar surface area (TPSA) is 82.1 Å². The minimum Gasteiger partial charge on any atom is -0.384 e. The maximum atomic E-state index is 9.80. The first-order valence-electron chi connectivity index (χ1n) is 5.51. The summed E-state index contributed by atoms with van der Waals surface area (Å²) < 4.78 is 1.61. The second-order valence-electron chi connectivity index (χ2n) is 3.97. The summed E-state index contributed by atoms with van der Waals surface area (Å²) in [6.45, 7) is 1.72. The number of nitrogens with zero attached hydrogens (tertiary/aromatic N) is 3. The number of aryl methyl sites for hydroxylation is 1. The number of aliphatic hydroxyl groups excluding tert-OH is 2. The zero-order chi connectivity index (χ0) is 13.1. The van der Waals surface area contributed by atoms with Gasteiger partial charge in [0.25, 0.3) is 0 Å². The average Bonchev–Trinajstić information content (AvgIpc) is 2.80. The predicted octanol–water partition coefficient (Wildman–Crippen LogP) is 1.10. The van der Waals surface area contributed by atoms with E-state index in [1.807, 2.05) is 30.3 Å². The molecular formula is C13H13N3O2. The Morgan fingerprint density at radius 3 is 2.56 bits per heavy atom. The van der Waals surface area contributed by atoms with Gasteiger partial charge in [-0.25, -0.2) is 4.68 Å². The minimum absolute atomic E-state index is 0.452. The Labute approximate surface area is 105 Å². The molecule has 0 amide bonds. The Morgan fingerprint density at radius 2 is 1.94 bits per heavy atom. The molecule has 1 aromatic heterocycles. The van der Waals surface area contributed by atoms with Crippen molar-refractivity contribution in [2.75, 3.05) is 0 Å². The van der Waals surface area contributed by atoms with Gasteiger partial charge >= 0.3 is 0 Å². The highest BCUT2D eigenvalue weighted by molar-refractivity contribution is 5.33. The summed E-state index contributed by atoms with van der Waals surface area (Å²) in [6, 6.07) is 11.0. The number of para-hydroxylation sites is 1. The Balaban J connectivity index is 2.37. The van der Waals surface area contributed by atoms with Gasteiger partial charge in [0.2, 0.25) is 0 Å². The van der Waals surface area contributed by atoms with Crippen LogP contribution in [0.1, 0.15) is 17.4 Å². The monoisotopic (exact) mass is 243 g/mol. The van der Waals surface area contributed by atoms with Gasteiger partial charge in [-0.15, -0.1) is 0 Å². The van der Waals surface area contributed by atoms with Crippen LogP contribution < -0.4 is 0 Å². The summed E-state index contributed by atoms with van der Waals surface area (Å²) in [4.78, 5) is 0. The summed E-state index contributed by atoms with van der Waals surface area (Å²) in [6.07, 6.45) is -1.07. The summed E-state index contributed by atoms with van der Waals surface area (Å²) in [5.41, 5.74) is 1.89. The molecule has 5 heteroatoms. The SMILES string of the molecule is Cc1nn(-c2ccccc2)cc1C(O)C(O)C#N. The molecule has 1 heterocycles. The molecule has 0 bridgehead atoms. The van der Waals surface area contributed by atoms with Gasteiger partial charge < -0.3 is 10.2 Å². The number of nitriles is 1. The Morgan fingerprint density at radius 1 is 1.28 bits per heavy atom. The Bertz CT molecular complexity index is 572. The second kappa shape index (κ2) is 5.00. The maximum absolute atomic E-state index is 9.80. The van der Waals surface area contributed by atoms with Crippen molar-refractivity contribution >= 4 is 0 Å². The highest BCUT2D eigenvalue weighted by Crippen LogP contribution is 2.21. The summed E-state index contributed by atoms with van der Waals surface area (Å²) in [5.74, 6) is 0. The minimum atomic E-state index is -1.45. The van der Waals surface area contributed by atoms with Crippen LogP contribution in [0.25, 0.3) is 5.69 Å². The average molecular weight is 243 g/mol. The molecule has 2 unspecified atom stereocenters. The number of hydrogen-bond donors (Lipinski definition) is 2. The van der Waals surface area contributed by atoms with Crippen molar-refractivity contribution in [1.82, 2.24) is 9.78 Å². The first-order chi connectivity index (χ1) is 8.63. The van der Waals surface area contributed by atoms with E-state index >= 15 is 0 Å². The van der Waals surface area contributed by atoms with Crippen molar-refractivity contribution in [3.63, 3.8) is 0 Å². The van der Waals surface area contributed by atoms with Crippen molar-refractivity contribution in [2.45, 2.75) is 19.1 Å². The van der Waals surface area contributed by atoms with Gasteiger partial charge in [0.05, 0.1) is 17.5 Å². The van der Waals surface area contributed by atoms with Gasteiger partial charge in [-0.1, -0.05) is 18.2 Å². The lowest BCUT2D eigenvalue weighted by Gasteiger charge is -2.09. The van der Waals surface area contributed by atoms with Gasteiger partial charge in [-0.05, 0) is 19.1 Å². The van der Waals surface area contributed by atoms with E-state index in [4.69, 9.17) is 5.26 Å². The first-order valence-corrected chi connectivity index (χ1v) is 5.51. The molecule has 2 aromatic rings. The van der Waals surface area contributed by atoms with E-state index in [0.29, 0.717) is 11.3 Å². The largest absolute Gasteiger partial charge is 0.384 e. The molecule has 2 rings (SSSR count). The normalized spacial score (nSPS) is 13.9. The van der Waals surface area contributed by atoms with Gasteiger partial charge in [-0.3, -0.25) is 0 Å². The van der Waals surface area contributed by atoms with Crippen LogP contribution in [0.2, 0.25) is 0 Å². The molecule has 2 N–H and O–H groups in total. The lowest BCUT2D eigenvalue weighted by Crippen LogP contribution is -2.16.